The highest BCUT2D eigenvalue weighted by Crippen LogP contribution is 2.28. The monoisotopic (exact) mass is 269 g/mol. The van der Waals surface area contributed by atoms with Gasteiger partial charge in [0, 0.05) is 12.2 Å². The van der Waals surface area contributed by atoms with Crippen LogP contribution >= 0.6 is 0 Å². The lowest BCUT2D eigenvalue weighted by atomic mass is 9.82. The van der Waals surface area contributed by atoms with Crippen molar-refractivity contribution in [3.8, 4) is 5.75 Å². The quantitative estimate of drug-likeness (QED) is 0.848. The fraction of sp³-hybridized carbons (Fsp3) is 0.600. The molecule has 0 radical (unpaired) electrons. The maximum atomic E-state index is 12.0. The molecule has 2 rings (SSSR count). The highest BCUT2D eigenvalue weighted by atomic mass is 19.3. The third kappa shape index (κ3) is 4.69. The molecule has 1 fully saturated rings. The Morgan fingerprint density at radius 2 is 2.00 bits per heavy atom. The van der Waals surface area contributed by atoms with E-state index in [1.807, 2.05) is 0 Å². The Hall–Kier alpha value is -1.32. The molecule has 4 heteroatoms. The molecule has 1 aromatic rings. The second-order valence-corrected chi connectivity index (χ2v) is 5.42. The molecule has 1 saturated carbocycles. The maximum absolute atomic E-state index is 12.0. The molecule has 1 N–H and O–H groups in total. The average molecular weight is 269 g/mol. The summed E-state index contributed by atoms with van der Waals surface area (Å²) in [4.78, 5) is 0. The molecule has 2 nitrogen and oxygen atoms in total. The average Bonchev–Trinajstić information content (AvgIpc) is 2.37. The Labute approximate surface area is 113 Å². The Morgan fingerprint density at radius 1 is 1.26 bits per heavy atom. The van der Waals surface area contributed by atoms with Crippen molar-refractivity contribution in [1.29, 1.82) is 0 Å². The first kappa shape index (κ1) is 14.1. The molecule has 2 unspecified atom stereocenters. The van der Waals surface area contributed by atoms with Gasteiger partial charge in [-0.25, -0.2) is 0 Å². The van der Waals surface area contributed by atoms with Gasteiger partial charge in [-0.15, -0.1) is 0 Å². The predicted octanol–water partition coefficient (Wildman–Crippen LogP) is 4.53. The van der Waals surface area contributed by atoms with Crippen LogP contribution in [0.5, 0.6) is 5.75 Å². The van der Waals surface area contributed by atoms with Gasteiger partial charge in [-0.2, -0.15) is 8.78 Å². The van der Waals surface area contributed by atoms with Gasteiger partial charge in [0.05, 0.1) is 0 Å². The number of anilines is 1. The van der Waals surface area contributed by atoms with E-state index >= 15 is 0 Å². The van der Waals surface area contributed by atoms with Gasteiger partial charge in [0.25, 0.3) is 0 Å². The smallest absolute Gasteiger partial charge is 0.387 e. The highest BCUT2D eigenvalue weighted by molar-refractivity contribution is 5.46. The molecule has 0 aromatic heterocycles. The van der Waals surface area contributed by atoms with E-state index in [2.05, 4.69) is 17.0 Å². The third-order valence-electron chi connectivity index (χ3n) is 3.72. The molecule has 1 aliphatic rings. The molecule has 0 amide bonds. The minimum absolute atomic E-state index is 0.201. The van der Waals surface area contributed by atoms with Crippen molar-refractivity contribution in [2.24, 2.45) is 11.8 Å². The van der Waals surface area contributed by atoms with E-state index in [0.29, 0.717) is 0 Å². The van der Waals surface area contributed by atoms with Crippen molar-refractivity contribution in [3.05, 3.63) is 24.3 Å². The summed E-state index contributed by atoms with van der Waals surface area (Å²) in [6.07, 6.45) is 5.22. The topological polar surface area (TPSA) is 21.3 Å². The lowest BCUT2D eigenvalue weighted by Crippen LogP contribution is -2.20. The van der Waals surface area contributed by atoms with Crippen molar-refractivity contribution >= 4 is 5.69 Å². The van der Waals surface area contributed by atoms with E-state index in [1.54, 1.807) is 24.3 Å². The summed E-state index contributed by atoms with van der Waals surface area (Å²) in [5.41, 5.74) is 0.958. The molecule has 1 aliphatic carbocycles. The van der Waals surface area contributed by atoms with E-state index in [9.17, 15) is 8.78 Å². The minimum atomic E-state index is -2.76. The van der Waals surface area contributed by atoms with E-state index in [-0.39, 0.29) is 5.75 Å². The second-order valence-electron chi connectivity index (χ2n) is 5.42. The number of rotatable bonds is 5. The summed E-state index contributed by atoms with van der Waals surface area (Å²) in [7, 11) is 0. The Bertz CT molecular complexity index is 380. The molecule has 2 atom stereocenters. The largest absolute Gasteiger partial charge is 0.435 e. The van der Waals surface area contributed by atoms with Crippen molar-refractivity contribution < 1.29 is 13.5 Å². The van der Waals surface area contributed by atoms with E-state index in [1.165, 1.54) is 25.7 Å². The molecule has 19 heavy (non-hydrogen) atoms. The summed E-state index contributed by atoms with van der Waals surface area (Å²) in [6, 6.07) is 6.70. The number of nitrogens with one attached hydrogen (secondary N) is 1. The van der Waals surface area contributed by atoms with Crippen LogP contribution in [-0.4, -0.2) is 13.2 Å². The van der Waals surface area contributed by atoms with Gasteiger partial charge < -0.3 is 10.1 Å². The number of ether oxygens (including phenoxy) is 1. The number of alkyl halides is 2. The summed E-state index contributed by atoms with van der Waals surface area (Å²) < 4.78 is 28.3. The van der Waals surface area contributed by atoms with Crippen LogP contribution in [0.1, 0.15) is 32.6 Å². The van der Waals surface area contributed by atoms with Crippen LogP contribution in [0.25, 0.3) is 0 Å². The normalized spacial score (nSPS) is 23.4. The van der Waals surface area contributed by atoms with Crippen molar-refractivity contribution in [1.82, 2.24) is 0 Å². The van der Waals surface area contributed by atoms with Crippen LogP contribution < -0.4 is 10.1 Å². The van der Waals surface area contributed by atoms with Gasteiger partial charge in [0.1, 0.15) is 5.75 Å². The number of hydrogen-bond donors (Lipinski definition) is 1. The van der Waals surface area contributed by atoms with Crippen molar-refractivity contribution in [3.63, 3.8) is 0 Å². The number of benzene rings is 1. The van der Waals surface area contributed by atoms with E-state index in [4.69, 9.17) is 0 Å². The Morgan fingerprint density at radius 3 is 2.63 bits per heavy atom. The molecular formula is C15H21F2NO. The first-order valence-corrected chi connectivity index (χ1v) is 6.92. The predicted molar refractivity (Wildman–Crippen MR) is 72.7 cm³/mol. The third-order valence-corrected chi connectivity index (χ3v) is 3.72. The van der Waals surface area contributed by atoms with Crippen LogP contribution in [0.4, 0.5) is 14.5 Å². The van der Waals surface area contributed by atoms with Gasteiger partial charge in [0.15, 0.2) is 0 Å². The highest BCUT2D eigenvalue weighted by Gasteiger charge is 2.18. The number of halogens is 2. The van der Waals surface area contributed by atoms with Crippen molar-refractivity contribution in [2.45, 2.75) is 39.2 Å². The molecule has 0 bridgehead atoms. The minimum Gasteiger partial charge on any atom is -0.435 e. The SMILES string of the molecule is CC1CCCC(CNc2ccc(OC(F)F)cc2)C1. The molecule has 1 aromatic carbocycles. The molecule has 0 spiro atoms. The van der Waals surface area contributed by atoms with Gasteiger partial charge in [-0.05, 0) is 48.9 Å². The first-order valence-electron chi connectivity index (χ1n) is 6.92. The molecular weight excluding hydrogens is 248 g/mol. The zero-order chi connectivity index (χ0) is 13.7. The molecule has 106 valence electrons. The Balaban J connectivity index is 1.79. The van der Waals surface area contributed by atoms with Gasteiger partial charge in [-0.1, -0.05) is 19.8 Å². The lowest BCUT2D eigenvalue weighted by Gasteiger charge is -2.27. The first-order chi connectivity index (χ1) is 9.13. The lowest BCUT2D eigenvalue weighted by molar-refractivity contribution is -0.0498. The fourth-order valence-corrected chi connectivity index (χ4v) is 2.76. The second kappa shape index (κ2) is 6.73. The molecule has 0 aliphatic heterocycles. The van der Waals surface area contributed by atoms with Gasteiger partial charge in [0.2, 0.25) is 0 Å². The van der Waals surface area contributed by atoms with E-state index < -0.39 is 6.61 Å². The van der Waals surface area contributed by atoms with Gasteiger partial charge >= 0.3 is 6.61 Å². The molecule has 0 heterocycles. The maximum Gasteiger partial charge on any atom is 0.387 e. The number of hydrogen-bond acceptors (Lipinski definition) is 2. The van der Waals surface area contributed by atoms with Crippen LogP contribution in [0.3, 0.4) is 0 Å². The molecule has 0 saturated heterocycles. The summed E-state index contributed by atoms with van der Waals surface area (Å²) >= 11 is 0. The zero-order valence-corrected chi connectivity index (χ0v) is 11.2. The van der Waals surface area contributed by atoms with Crippen LogP contribution in [0, 0.1) is 11.8 Å². The fourth-order valence-electron chi connectivity index (χ4n) is 2.76. The van der Waals surface area contributed by atoms with Crippen LogP contribution in [0.2, 0.25) is 0 Å². The summed E-state index contributed by atoms with van der Waals surface area (Å²) in [5, 5.41) is 3.37. The van der Waals surface area contributed by atoms with Crippen LogP contribution in [-0.2, 0) is 0 Å². The Kier molecular flexibility index (Phi) is 5.00. The van der Waals surface area contributed by atoms with Crippen LogP contribution in [0.15, 0.2) is 24.3 Å². The van der Waals surface area contributed by atoms with E-state index in [0.717, 1.165) is 24.1 Å². The zero-order valence-electron chi connectivity index (χ0n) is 11.2. The summed E-state index contributed by atoms with van der Waals surface area (Å²) in [6.45, 7) is 0.504. The standard InChI is InChI=1S/C15H21F2NO/c1-11-3-2-4-12(9-11)10-18-13-5-7-14(8-6-13)19-15(16)17/h5-8,11-12,15,18H,2-4,9-10H2,1H3. The summed E-state index contributed by atoms with van der Waals surface area (Å²) in [5.74, 6) is 1.75. The van der Waals surface area contributed by atoms with Gasteiger partial charge in [-0.3, -0.25) is 0 Å². The van der Waals surface area contributed by atoms with Crippen molar-refractivity contribution in [2.75, 3.05) is 11.9 Å².